The highest BCUT2D eigenvalue weighted by Gasteiger charge is 2.34. The van der Waals surface area contributed by atoms with Crippen LogP contribution in [0, 0.1) is 0 Å². The van der Waals surface area contributed by atoms with E-state index in [1.165, 1.54) is 4.31 Å². The number of carbonyl (C=O) groups is 1. The van der Waals surface area contributed by atoms with Crippen LogP contribution in [0.25, 0.3) is 0 Å². The molecule has 1 aromatic rings. The average molecular weight is 392 g/mol. The van der Waals surface area contributed by atoms with Crippen LogP contribution in [-0.2, 0) is 14.8 Å². The first-order chi connectivity index (χ1) is 11.4. The Morgan fingerprint density at radius 2 is 1.75 bits per heavy atom. The Morgan fingerprint density at radius 3 is 2.29 bits per heavy atom. The van der Waals surface area contributed by atoms with E-state index in [0.29, 0.717) is 30.5 Å². The third-order valence-electron chi connectivity index (χ3n) is 4.74. The zero-order valence-electron chi connectivity index (χ0n) is 13.6. The van der Waals surface area contributed by atoms with Crippen LogP contribution in [0.5, 0.6) is 0 Å². The van der Waals surface area contributed by atoms with Crippen LogP contribution in [0.1, 0.15) is 19.8 Å². The fourth-order valence-corrected chi connectivity index (χ4v) is 6.31. The van der Waals surface area contributed by atoms with Crippen LogP contribution in [0.15, 0.2) is 16.3 Å². The van der Waals surface area contributed by atoms with Gasteiger partial charge in [0.05, 0.1) is 10.4 Å². The van der Waals surface area contributed by atoms with E-state index in [2.05, 4.69) is 4.90 Å². The van der Waals surface area contributed by atoms with Gasteiger partial charge in [0.25, 0.3) is 10.0 Å². The monoisotopic (exact) mass is 391 g/mol. The van der Waals surface area contributed by atoms with Crippen LogP contribution in [0.2, 0.25) is 4.34 Å². The van der Waals surface area contributed by atoms with Gasteiger partial charge in [-0.1, -0.05) is 11.6 Å². The minimum Gasteiger partial charge on any atom is -0.341 e. The topological polar surface area (TPSA) is 60.9 Å². The van der Waals surface area contributed by atoms with Crippen LogP contribution >= 0.6 is 22.9 Å². The summed E-state index contributed by atoms with van der Waals surface area (Å²) < 4.78 is 27.4. The number of nitrogens with zero attached hydrogens (tertiary/aromatic N) is 3. The van der Waals surface area contributed by atoms with Crippen molar-refractivity contribution in [3.8, 4) is 0 Å². The molecule has 0 N–H and O–H groups in total. The van der Waals surface area contributed by atoms with Crippen LogP contribution in [0.3, 0.4) is 0 Å². The fourth-order valence-electron chi connectivity index (χ4n) is 3.25. The molecule has 0 saturated carbocycles. The second-order valence-electron chi connectivity index (χ2n) is 6.21. The summed E-state index contributed by atoms with van der Waals surface area (Å²) in [6, 6.07) is 2.96. The van der Waals surface area contributed by atoms with Crippen molar-refractivity contribution in [1.29, 1.82) is 0 Å². The molecule has 0 bridgehead atoms. The molecule has 0 radical (unpaired) electrons. The van der Waals surface area contributed by atoms with Gasteiger partial charge in [0.2, 0.25) is 5.91 Å². The normalized spacial score (nSPS) is 22.0. The highest BCUT2D eigenvalue weighted by atomic mass is 35.5. The molecule has 6 nitrogen and oxygen atoms in total. The van der Waals surface area contributed by atoms with Crippen LogP contribution in [-0.4, -0.2) is 73.7 Å². The molecule has 2 aliphatic heterocycles. The number of likely N-dealkylation sites (tertiary alicyclic amines) is 1. The van der Waals surface area contributed by atoms with E-state index >= 15 is 0 Å². The van der Waals surface area contributed by atoms with Gasteiger partial charge in [-0.3, -0.25) is 9.69 Å². The first-order valence-corrected chi connectivity index (χ1v) is 10.8. The van der Waals surface area contributed by atoms with Crippen LogP contribution < -0.4 is 0 Å². The first kappa shape index (κ1) is 18.1. The van der Waals surface area contributed by atoms with Crippen LogP contribution in [0.4, 0.5) is 0 Å². The largest absolute Gasteiger partial charge is 0.341 e. The standard InChI is InChI=1S/C15H22ClN3O3S2/c1-12(15(20)18-6-2-3-7-18)17-8-10-19(11-9-17)24(21,22)14-5-4-13(16)23-14/h4-5,12H,2-3,6-11H2,1H3. The molecule has 2 saturated heterocycles. The van der Waals surface area contributed by atoms with E-state index < -0.39 is 10.0 Å². The lowest BCUT2D eigenvalue weighted by atomic mass is 10.2. The van der Waals surface area contributed by atoms with E-state index in [-0.39, 0.29) is 16.2 Å². The van der Waals surface area contributed by atoms with Gasteiger partial charge < -0.3 is 4.90 Å². The van der Waals surface area contributed by atoms with E-state index in [1.54, 1.807) is 12.1 Å². The maximum Gasteiger partial charge on any atom is 0.252 e. The van der Waals surface area contributed by atoms with E-state index in [1.807, 2.05) is 11.8 Å². The molecule has 3 heterocycles. The molecule has 3 rings (SSSR count). The minimum atomic E-state index is -3.48. The number of hydrogen-bond acceptors (Lipinski definition) is 5. The summed E-state index contributed by atoms with van der Waals surface area (Å²) in [7, 11) is -3.48. The van der Waals surface area contributed by atoms with Gasteiger partial charge in [0.1, 0.15) is 4.21 Å². The summed E-state index contributed by atoms with van der Waals surface area (Å²) in [5.74, 6) is 0.161. The van der Waals surface area contributed by atoms with Crippen molar-refractivity contribution in [3.05, 3.63) is 16.5 Å². The number of thiophene rings is 1. The summed E-state index contributed by atoms with van der Waals surface area (Å²) in [4.78, 5) is 16.5. The number of rotatable bonds is 4. The molecule has 1 aromatic heterocycles. The third kappa shape index (κ3) is 3.62. The summed E-state index contributed by atoms with van der Waals surface area (Å²) in [5.41, 5.74) is 0. The van der Waals surface area contributed by atoms with E-state index in [4.69, 9.17) is 11.6 Å². The Labute approximate surface area is 152 Å². The molecular weight excluding hydrogens is 370 g/mol. The number of piperazine rings is 1. The summed E-state index contributed by atoms with van der Waals surface area (Å²) in [5, 5.41) is 0. The SMILES string of the molecule is CC(C(=O)N1CCCC1)N1CCN(S(=O)(=O)c2ccc(Cl)s2)CC1. The Kier molecular flexibility index (Phi) is 5.51. The van der Waals surface area contributed by atoms with Crippen molar-refractivity contribution in [2.75, 3.05) is 39.3 Å². The molecule has 0 aromatic carbocycles. The Morgan fingerprint density at radius 1 is 1.12 bits per heavy atom. The summed E-state index contributed by atoms with van der Waals surface area (Å²) in [6.07, 6.45) is 2.15. The highest BCUT2D eigenvalue weighted by Crippen LogP contribution is 2.28. The zero-order valence-corrected chi connectivity index (χ0v) is 16.0. The van der Waals surface area contributed by atoms with Gasteiger partial charge in [-0.15, -0.1) is 11.3 Å². The lowest BCUT2D eigenvalue weighted by Gasteiger charge is -2.37. The van der Waals surface area contributed by atoms with Gasteiger partial charge in [-0.2, -0.15) is 4.31 Å². The number of carbonyl (C=O) groups excluding carboxylic acids is 1. The Hall–Kier alpha value is -0.670. The molecule has 2 aliphatic rings. The van der Waals surface area contributed by atoms with Crippen molar-refractivity contribution in [2.24, 2.45) is 0 Å². The summed E-state index contributed by atoms with van der Waals surface area (Å²) >= 11 is 6.93. The minimum absolute atomic E-state index is 0.161. The first-order valence-electron chi connectivity index (χ1n) is 8.18. The molecule has 24 heavy (non-hydrogen) atoms. The Bertz CT molecular complexity index is 693. The van der Waals surface area contributed by atoms with Crippen molar-refractivity contribution >= 4 is 38.9 Å². The fraction of sp³-hybridized carbons (Fsp3) is 0.667. The van der Waals surface area contributed by atoms with Crippen molar-refractivity contribution in [1.82, 2.24) is 14.1 Å². The predicted molar refractivity (Wildman–Crippen MR) is 94.9 cm³/mol. The maximum atomic E-state index is 12.6. The number of hydrogen-bond donors (Lipinski definition) is 0. The zero-order chi connectivity index (χ0) is 17.3. The molecule has 2 fully saturated rings. The van der Waals surface area contributed by atoms with Gasteiger partial charge in [-0.05, 0) is 31.9 Å². The average Bonchev–Trinajstić information content (AvgIpc) is 3.25. The van der Waals surface area contributed by atoms with Gasteiger partial charge in [-0.25, -0.2) is 8.42 Å². The van der Waals surface area contributed by atoms with Gasteiger partial charge in [0.15, 0.2) is 0 Å². The number of amides is 1. The second kappa shape index (κ2) is 7.29. The van der Waals surface area contributed by atoms with Gasteiger partial charge >= 0.3 is 0 Å². The second-order valence-corrected chi connectivity index (χ2v) is 10.1. The highest BCUT2D eigenvalue weighted by molar-refractivity contribution is 7.91. The van der Waals surface area contributed by atoms with Crippen molar-refractivity contribution in [2.45, 2.75) is 30.0 Å². The lowest BCUT2D eigenvalue weighted by Crippen LogP contribution is -2.55. The molecular formula is C15H22ClN3O3S2. The van der Waals surface area contributed by atoms with E-state index in [9.17, 15) is 13.2 Å². The summed E-state index contributed by atoms with van der Waals surface area (Å²) in [6.45, 7) is 5.54. The quantitative estimate of drug-likeness (QED) is 0.784. The van der Waals surface area contributed by atoms with Crippen molar-refractivity contribution < 1.29 is 13.2 Å². The molecule has 0 spiro atoms. The molecule has 1 unspecified atom stereocenters. The predicted octanol–water partition coefficient (Wildman–Crippen LogP) is 1.72. The molecule has 1 atom stereocenters. The smallest absolute Gasteiger partial charge is 0.252 e. The molecule has 1 amide bonds. The number of sulfonamides is 1. The molecule has 9 heteroatoms. The van der Waals surface area contributed by atoms with E-state index in [0.717, 1.165) is 37.3 Å². The maximum absolute atomic E-state index is 12.6. The molecule has 134 valence electrons. The Balaban J connectivity index is 1.60. The number of halogens is 1. The van der Waals surface area contributed by atoms with Crippen molar-refractivity contribution in [3.63, 3.8) is 0 Å². The third-order valence-corrected chi connectivity index (χ3v) is 8.34. The lowest BCUT2D eigenvalue weighted by molar-refractivity contribution is -0.135. The molecule has 0 aliphatic carbocycles. The van der Waals surface area contributed by atoms with Gasteiger partial charge in [0, 0.05) is 39.3 Å².